The van der Waals surface area contributed by atoms with Gasteiger partial charge >= 0.3 is 0 Å². The van der Waals surface area contributed by atoms with Crippen LogP contribution < -0.4 is 0 Å². The molecule has 4 bridgehead atoms. The molecule has 0 radical (unpaired) electrons. The van der Waals surface area contributed by atoms with Crippen LogP contribution in [0.25, 0.3) is 10.9 Å². The van der Waals surface area contributed by atoms with E-state index in [0.717, 1.165) is 19.4 Å². The van der Waals surface area contributed by atoms with Gasteiger partial charge in [0, 0.05) is 41.6 Å². The number of fused-ring (bicyclic) bond motifs is 4. The zero-order valence-electron chi connectivity index (χ0n) is 14.9. The van der Waals surface area contributed by atoms with Crippen LogP contribution in [0.5, 0.6) is 0 Å². The van der Waals surface area contributed by atoms with Crippen LogP contribution >= 0.6 is 0 Å². The van der Waals surface area contributed by atoms with Crippen LogP contribution in [0.2, 0.25) is 0 Å². The van der Waals surface area contributed by atoms with E-state index in [4.69, 9.17) is 0 Å². The maximum Gasteiger partial charge on any atom is 0.0530 e. The van der Waals surface area contributed by atoms with Crippen LogP contribution in [0.4, 0.5) is 0 Å². The van der Waals surface area contributed by atoms with Gasteiger partial charge < -0.3 is 14.8 Å². The van der Waals surface area contributed by atoms with Crippen LogP contribution in [0.1, 0.15) is 30.6 Å². The standard InChI is InChI=1S/C21H26N2O2/c1-3-13-10-23-18-9-16(13)21(11-24,12-25)19(23)8-15-14-6-4-5-7-17(14)22(2)20(15)18/h3-7,16,18-19,24-25H,8-12H2,1-2H3/b13-3-/t16-,18-,19-/m0/s1. The summed E-state index contributed by atoms with van der Waals surface area (Å²) in [6, 6.07) is 9.26. The summed E-state index contributed by atoms with van der Waals surface area (Å²) < 4.78 is 2.38. The Morgan fingerprint density at radius 3 is 2.72 bits per heavy atom. The SMILES string of the molecule is C/C=C1/CN2[C@H]3Cc4c(n(C)c5ccccc45)[C@@H]2C[C@@H]1C3(CO)CO. The normalized spacial score (nSPS) is 33.8. The van der Waals surface area contributed by atoms with Crippen molar-refractivity contribution in [2.45, 2.75) is 31.8 Å². The zero-order valence-corrected chi connectivity index (χ0v) is 14.9. The minimum absolute atomic E-state index is 0.0551. The van der Waals surface area contributed by atoms with Crippen LogP contribution in [-0.2, 0) is 13.5 Å². The lowest BCUT2D eigenvalue weighted by Gasteiger charge is -2.63. The molecule has 4 aliphatic rings. The first-order valence-corrected chi connectivity index (χ1v) is 9.35. The van der Waals surface area contributed by atoms with E-state index in [1.807, 2.05) is 0 Å². The predicted octanol–water partition coefficient (Wildman–Crippen LogP) is 2.40. The fourth-order valence-corrected chi connectivity index (χ4v) is 6.12. The molecule has 0 aliphatic carbocycles. The molecule has 0 amide bonds. The maximum atomic E-state index is 10.3. The topological polar surface area (TPSA) is 48.6 Å². The number of aliphatic hydroxyl groups is 2. The van der Waals surface area contributed by atoms with Crippen molar-refractivity contribution in [3.63, 3.8) is 0 Å². The number of aromatic nitrogens is 1. The Kier molecular flexibility index (Phi) is 3.25. The minimum Gasteiger partial charge on any atom is -0.396 e. The second kappa shape index (κ2) is 5.19. The molecule has 5 heterocycles. The van der Waals surface area contributed by atoms with Crippen molar-refractivity contribution in [1.29, 1.82) is 0 Å². The molecular formula is C21H26N2O2. The molecule has 1 unspecified atom stereocenters. The molecule has 1 aromatic carbocycles. The van der Waals surface area contributed by atoms with Gasteiger partial charge in [0.05, 0.1) is 19.3 Å². The third kappa shape index (κ3) is 1.73. The number of hydrogen-bond donors (Lipinski definition) is 2. The van der Waals surface area contributed by atoms with Gasteiger partial charge in [0.25, 0.3) is 0 Å². The lowest BCUT2D eigenvalue weighted by Crippen LogP contribution is -2.68. The van der Waals surface area contributed by atoms with E-state index in [0.29, 0.717) is 6.04 Å². The van der Waals surface area contributed by atoms with Gasteiger partial charge in [-0.25, -0.2) is 0 Å². The number of aryl methyl sites for hydroxylation is 1. The van der Waals surface area contributed by atoms with Crippen molar-refractivity contribution in [2.75, 3.05) is 19.8 Å². The van der Waals surface area contributed by atoms with Gasteiger partial charge in [-0.2, -0.15) is 0 Å². The number of nitrogens with zero attached hydrogens (tertiary/aromatic N) is 2. The predicted molar refractivity (Wildman–Crippen MR) is 98.3 cm³/mol. The van der Waals surface area contributed by atoms with Crippen molar-refractivity contribution >= 4 is 10.9 Å². The average Bonchev–Trinajstić information content (AvgIpc) is 2.95. The van der Waals surface area contributed by atoms with Crippen LogP contribution in [0.3, 0.4) is 0 Å². The van der Waals surface area contributed by atoms with Gasteiger partial charge in [-0.1, -0.05) is 29.8 Å². The molecule has 1 aromatic heterocycles. The summed E-state index contributed by atoms with van der Waals surface area (Å²) in [5, 5.41) is 22.0. The van der Waals surface area contributed by atoms with E-state index in [1.54, 1.807) is 0 Å². The van der Waals surface area contributed by atoms with Gasteiger partial charge in [-0.3, -0.25) is 4.90 Å². The summed E-state index contributed by atoms with van der Waals surface area (Å²) in [5.41, 5.74) is 5.13. The Hall–Kier alpha value is -1.62. The number of allylic oxidation sites excluding steroid dienone is 1. The Morgan fingerprint density at radius 1 is 1.24 bits per heavy atom. The van der Waals surface area contributed by atoms with Crippen LogP contribution in [0.15, 0.2) is 35.9 Å². The molecular weight excluding hydrogens is 312 g/mol. The maximum absolute atomic E-state index is 10.3. The Labute approximate surface area is 148 Å². The molecule has 2 N–H and O–H groups in total. The lowest BCUT2D eigenvalue weighted by atomic mass is 9.55. The zero-order chi connectivity index (χ0) is 17.3. The highest BCUT2D eigenvalue weighted by molar-refractivity contribution is 5.86. The van der Waals surface area contributed by atoms with E-state index >= 15 is 0 Å². The van der Waals surface area contributed by atoms with Gasteiger partial charge in [0.15, 0.2) is 0 Å². The van der Waals surface area contributed by atoms with E-state index in [1.165, 1.54) is 27.7 Å². The van der Waals surface area contributed by atoms with E-state index in [9.17, 15) is 10.2 Å². The number of rotatable bonds is 2. The van der Waals surface area contributed by atoms with E-state index < -0.39 is 5.41 Å². The molecule has 0 spiro atoms. The van der Waals surface area contributed by atoms with Gasteiger partial charge in [0.2, 0.25) is 0 Å². The summed E-state index contributed by atoms with van der Waals surface area (Å²) >= 11 is 0. The van der Waals surface area contributed by atoms with Crippen molar-refractivity contribution in [2.24, 2.45) is 18.4 Å². The molecule has 6 rings (SSSR count). The minimum atomic E-state index is -0.425. The van der Waals surface area contributed by atoms with Gasteiger partial charge in [-0.15, -0.1) is 0 Å². The average molecular weight is 338 g/mol. The summed E-state index contributed by atoms with van der Waals surface area (Å²) in [6.07, 6.45) is 4.12. The summed E-state index contributed by atoms with van der Waals surface area (Å²) in [4.78, 5) is 2.56. The van der Waals surface area contributed by atoms with Crippen molar-refractivity contribution < 1.29 is 10.2 Å². The number of para-hydroxylation sites is 1. The monoisotopic (exact) mass is 338 g/mol. The fraction of sp³-hybridized carbons (Fsp3) is 0.524. The molecule has 4 nitrogen and oxygen atoms in total. The highest BCUT2D eigenvalue weighted by Crippen LogP contribution is 2.59. The Morgan fingerprint density at radius 2 is 2.00 bits per heavy atom. The molecule has 4 aliphatic heterocycles. The molecule has 2 aromatic rings. The van der Waals surface area contributed by atoms with Crippen molar-refractivity contribution in [1.82, 2.24) is 9.47 Å². The quantitative estimate of drug-likeness (QED) is 0.827. The molecule has 4 atom stereocenters. The van der Waals surface area contributed by atoms with E-state index in [-0.39, 0.29) is 25.2 Å². The molecule has 0 saturated carbocycles. The first-order valence-electron chi connectivity index (χ1n) is 9.35. The lowest BCUT2D eigenvalue weighted by molar-refractivity contribution is -0.141. The van der Waals surface area contributed by atoms with Crippen molar-refractivity contribution in [3.8, 4) is 0 Å². The van der Waals surface area contributed by atoms with Crippen LogP contribution in [-0.4, -0.2) is 45.5 Å². The summed E-state index contributed by atoms with van der Waals surface area (Å²) in [6.45, 7) is 3.17. The van der Waals surface area contributed by atoms with Gasteiger partial charge in [-0.05, 0) is 37.3 Å². The van der Waals surface area contributed by atoms with E-state index in [2.05, 4.69) is 53.8 Å². The van der Waals surface area contributed by atoms with Crippen molar-refractivity contribution in [3.05, 3.63) is 47.2 Å². The second-order valence-corrected chi connectivity index (χ2v) is 8.05. The van der Waals surface area contributed by atoms with Gasteiger partial charge in [0.1, 0.15) is 0 Å². The first-order chi connectivity index (χ1) is 12.2. The number of piperidine rings is 3. The number of aliphatic hydroxyl groups excluding tert-OH is 2. The molecule has 132 valence electrons. The second-order valence-electron chi connectivity index (χ2n) is 8.05. The molecule has 3 fully saturated rings. The third-order valence-corrected chi connectivity index (χ3v) is 7.36. The summed E-state index contributed by atoms with van der Waals surface area (Å²) in [7, 11) is 2.19. The largest absolute Gasteiger partial charge is 0.396 e. The Balaban J connectivity index is 1.75. The fourth-order valence-electron chi connectivity index (χ4n) is 6.12. The third-order valence-electron chi connectivity index (χ3n) is 7.36. The highest BCUT2D eigenvalue weighted by Gasteiger charge is 2.60. The Bertz CT molecular complexity index is 877. The first kappa shape index (κ1) is 15.6. The number of hydrogen-bond acceptors (Lipinski definition) is 3. The van der Waals surface area contributed by atoms with Crippen LogP contribution in [0, 0.1) is 11.3 Å². The number of benzene rings is 1. The molecule has 3 saturated heterocycles. The highest BCUT2D eigenvalue weighted by atomic mass is 16.3. The summed E-state index contributed by atoms with van der Waals surface area (Å²) in [5.74, 6) is 0.277. The smallest absolute Gasteiger partial charge is 0.0530 e. The molecule has 25 heavy (non-hydrogen) atoms. The molecule has 4 heteroatoms.